The second-order valence-corrected chi connectivity index (χ2v) is 7.87. The van der Waals surface area contributed by atoms with Gasteiger partial charge in [-0.2, -0.15) is 0 Å². The number of carbonyl (C=O) groups is 1. The first kappa shape index (κ1) is 19.4. The third-order valence-corrected chi connectivity index (χ3v) is 5.85. The molecule has 6 heteroatoms. The molecule has 1 aromatic carbocycles. The molecular weight excluding hydrogens is 362 g/mol. The second kappa shape index (κ2) is 8.64. The minimum Gasteiger partial charge on any atom is -0.370 e. The zero-order valence-corrected chi connectivity index (χ0v) is 17.0. The van der Waals surface area contributed by atoms with Gasteiger partial charge in [-0.25, -0.2) is 4.98 Å². The Balaban J connectivity index is 1.55. The van der Waals surface area contributed by atoms with E-state index in [1.807, 2.05) is 35.2 Å². The molecule has 0 radical (unpaired) electrons. The lowest BCUT2D eigenvalue weighted by atomic mass is 9.84. The first-order valence-electron chi connectivity index (χ1n) is 10.6. The molecule has 0 unspecified atom stereocenters. The van der Waals surface area contributed by atoms with E-state index < -0.39 is 0 Å². The van der Waals surface area contributed by atoms with Crippen LogP contribution in [0.15, 0.2) is 53.7 Å². The predicted octanol–water partition coefficient (Wildman–Crippen LogP) is 4.07. The highest BCUT2D eigenvalue weighted by atomic mass is 16.2. The summed E-state index contributed by atoms with van der Waals surface area (Å²) in [5.41, 5.74) is 1.89. The topological polar surface area (TPSA) is 69.6 Å². The van der Waals surface area contributed by atoms with Crippen molar-refractivity contribution < 1.29 is 4.79 Å². The van der Waals surface area contributed by atoms with Crippen LogP contribution in [0.4, 0.5) is 11.5 Å². The number of hydrogen-bond donors (Lipinski definition) is 2. The molecular formula is C23H29N5O. The molecule has 0 atom stereocenters. The summed E-state index contributed by atoms with van der Waals surface area (Å²) in [5.74, 6) is 2.01. The number of amides is 1. The van der Waals surface area contributed by atoms with Crippen molar-refractivity contribution in [3.05, 3.63) is 54.2 Å². The number of likely N-dealkylation sites (tertiary alicyclic amines) is 1. The molecule has 2 aliphatic heterocycles. The lowest BCUT2D eigenvalue weighted by Crippen LogP contribution is -2.59. The van der Waals surface area contributed by atoms with E-state index in [0.717, 1.165) is 56.1 Å². The SMILES string of the molecule is CCCCC(=O)N1CCC2(CC1)Nc1cccnc1NC2=NCc1ccccc1. The number of hydrogen-bond acceptors (Lipinski definition) is 4. The summed E-state index contributed by atoms with van der Waals surface area (Å²) in [4.78, 5) is 23.9. The maximum absolute atomic E-state index is 12.5. The molecule has 1 amide bonds. The summed E-state index contributed by atoms with van der Waals surface area (Å²) in [6.45, 7) is 4.24. The van der Waals surface area contributed by atoms with E-state index in [-0.39, 0.29) is 11.4 Å². The molecule has 1 saturated heterocycles. The third-order valence-electron chi connectivity index (χ3n) is 5.85. The van der Waals surface area contributed by atoms with Crippen molar-refractivity contribution in [2.45, 2.75) is 51.1 Å². The third kappa shape index (κ3) is 4.26. The number of rotatable bonds is 5. The smallest absolute Gasteiger partial charge is 0.222 e. The molecule has 0 saturated carbocycles. The summed E-state index contributed by atoms with van der Waals surface area (Å²) in [6, 6.07) is 14.3. The minimum absolute atomic E-state index is 0.273. The summed E-state index contributed by atoms with van der Waals surface area (Å²) in [5, 5.41) is 7.19. The van der Waals surface area contributed by atoms with Gasteiger partial charge in [-0.15, -0.1) is 0 Å². The number of amidine groups is 1. The highest BCUT2D eigenvalue weighted by molar-refractivity contribution is 6.08. The number of aromatic nitrogens is 1. The molecule has 2 aliphatic rings. The van der Waals surface area contributed by atoms with E-state index in [0.29, 0.717) is 13.0 Å². The Morgan fingerprint density at radius 1 is 1.17 bits per heavy atom. The van der Waals surface area contributed by atoms with E-state index in [4.69, 9.17) is 4.99 Å². The Hall–Kier alpha value is -2.89. The average Bonchev–Trinajstić information content (AvgIpc) is 2.77. The molecule has 29 heavy (non-hydrogen) atoms. The molecule has 2 N–H and O–H groups in total. The maximum atomic E-state index is 12.5. The fraction of sp³-hybridized carbons (Fsp3) is 0.435. The molecule has 3 heterocycles. The molecule has 4 rings (SSSR count). The van der Waals surface area contributed by atoms with Gasteiger partial charge < -0.3 is 15.5 Å². The summed E-state index contributed by atoms with van der Waals surface area (Å²) < 4.78 is 0. The number of nitrogens with one attached hydrogen (secondary N) is 2. The molecule has 0 aliphatic carbocycles. The van der Waals surface area contributed by atoms with Crippen LogP contribution in [-0.4, -0.2) is 40.3 Å². The molecule has 152 valence electrons. The number of benzene rings is 1. The van der Waals surface area contributed by atoms with Gasteiger partial charge in [0.1, 0.15) is 5.84 Å². The standard InChI is InChI=1S/C23H29N5O/c1-2-3-11-20(29)28-15-12-23(13-16-28)22(25-17-18-8-5-4-6-9-18)26-21-19(27-23)10-7-14-24-21/h4-10,14,27H,2-3,11-13,15-17H2,1H3,(H,24,25,26). The van der Waals surface area contributed by atoms with Gasteiger partial charge in [-0.05, 0) is 37.0 Å². The first-order chi connectivity index (χ1) is 14.2. The zero-order valence-electron chi connectivity index (χ0n) is 17.0. The van der Waals surface area contributed by atoms with Crippen LogP contribution < -0.4 is 10.6 Å². The van der Waals surface area contributed by atoms with Crippen LogP contribution in [0.25, 0.3) is 0 Å². The van der Waals surface area contributed by atoms with Crippen molar-refractivity contribution in [1.82, 2.24) is 9.88 Å². The zero-order chi connectivity index (χ0) is 20.1. The Labute approximate surface area is 172 Å². The quantitative estimate of drug-likeness (QED) is 0.806. The number of carbonyl (C=O) groups excluding carboxylic acids is 1. The normalized spacial score (nSPS) is 18.8. The lowest BCUT2D eigenvalue weighted by Gasteiger charge is -2.46. The fourth-order valence-electron chi connectivity index (χ4n) is 4.08. The van der Waals surface area contributed by atoms with Gasteiger partial charge in [0, 0.05) is 25.7 Å². The van der Waals surface area contributed by atoms with Crippen molar-refractivity contribution in [2.24, 2.45) is 4.99 Å². The summed E-state index contributed by atoms with van der Waals surface area (Å²) in [6.07, 6.45) is 6.12. The number of aliphatic imine (C=N–C) groups is 1. The van der Waals surface area contributed by atoms with Crippen LogP contribution in [0.5, 0.6) is 0 Å². The molecule has 1 aromatic heterocycles. The number of nitrogens with zero attached hydrogens (tertiary/aromatic N) is 3. The Morgan fingerprint density at radius 3 is 2.72 bits per heavy atom. The summed E-state index contributed by atoms with van der Waals surface area (Å²) in [7, 11) is 0. The Morgan fingerprint density at radius 2 is 1.97 bits per heavy atom. The number of unbranched alkanes of at least 4 members (excludes halogenated alkanes) is 1. The summed E-state index contributed by atoms with van der Waals surface area (Å²) >= 11 is 0. The van der Waals surface area contributed by atoms with Crippen molar-refractivity contribution in [3.8, 4) is 0 Å². The predicted molar refractivity (Wildman–Crippen MR) is 117 cm³/mol. The molecule has 6 nitrogen and oxygen atoms in total. The number of piperidine rings is 1. The monoisotopic (exact) mass is 391 g/mol. The molecule has 0 bridgehead atoms. The van der Waals surface area contributed by atoms with E-state index in [2.05, 4.69) is 34.7 Å². The van der Waals surface area contributed by atoms with Crippen LogP contribution in [0, 0.1) is 0 Å². The van der Waals surface area contributed by atoms with Gasteiger partial charge in [0.25, 0.3) is 0 Å². The van der Waals surface area contributed by atoms with E-state index in [9.17, 15) is 4.79 Å². The van der Waals surface area contributed by atoms with Crippen LogP contribution >= 0.6 is 0 Å². The van der Waals surface area contributed by atoms with Crippen LogP contribution in [-0.2, 0) is 11.3 Å². The average molecular weight is 392 g/mol. The van der Waals surface area contributed by atoms with Crippen LogP contribution in [0.1, 0.15) is 44.6 Å². The van der Waals surface area contributed by atoms with Crippen LogP contribution in [0.3, 0.4) is 0 Å². The van der Waals surface area contributed by atoms with Crippen molar-refractivity contribution in [1.29, 1.82) is 0 Å². The second-order valence-electron chi connectivity index (χ2n) is 7.87. The molecule has 1 fully saturated rings. The van der Waals surface area contributed by atoms with Gasteiger partial charge in [-0.3, -0.25) is 9.79 Å². The number of pyridine rings is 1. The largest absolute Gasteiger partial charge is 0.370 e. The Bertz CT molecular complexity index is 872. The fourth-order valence-corrected chi connectivity index (χ4v) is 4.08. The number of anilines is 2. The molecule has 2 aromatic rings. The van der Waals surface area contributed by atoms with Gasteiger partial charge in [0.05, 0.1) is 17.8 Å². The van der Waals surface area contributed by atoms with Crippen LogP contribution in [0.2, 0.25) is 0 Å². The Kier molecular flexibility index (Phi) is 5.79. The van der Waals surface area contributed by atoms with E-state index in [1.165, 1.54) is 5.56 Å². The minimum atomic E-state index is -0.285. The van der Waals surface area contributed by atoms with Gasteiger partial charge in [0.2, 0.25) is 5.91 Å². The van der Waals surface area contributed by atoms with Crippen molar-refractivity contribution >= 4 is 23.2 Å². The number of fused-ring (bicyclic) bond motifs is 1. The molecule has 1 spiro atoms. The van der Waals surface area contributed by atoms with E-state index in [1.54, 1.807) is 6.20 Å². The first-order valence-corrected chi connectivity index (χ1v) is 10.6. The highest BCUT2D eigenvalue weighted by Gasteiger charge is 2.43. The van der Waals surface area contributed by atoms with Gasteiger partial charge in [-0.1, -0.05) is 43.7 Å². The highest BCUT2D eigenvalue weighted by Crippen LogP contribution is 2.36. The van der Waals surface area contributed by atoms with Gasteiger partial charge in [0.15, 0.2) is 5.82 Å². The lowest BCUT2D eigenvalue weighted by molar-refractivity contribution is -0.132. The maximum Gasteiger partial charge on any atom is 0.222 e. The van der Waals surface area contributed by atoms with Crippen molar-refractivity contribution in [3.63, 3.8) is 0 Å². The van der Waals surface area contributed by atoms with Gasteiger partial charge >= 0.3 is 0 Å². The van der Waals surface area contributed by atoms with Crippen molar-refractivity contribution in [2.75, 3.05) is 23.7 Å². The van der Waals surface area contributed by atoms with E-state index >= 15 is 0 Å².